The molecule has 0 spiro atoms. The molecule has 1 heterocycles. The number of hydrogen-bond donors (Lipinski definition) is 3. The second kappa shape index (κ2) is 7.47. The molecule has 0 amide bonds. The third kappa shape index (κ3) is 4.75. The van der Waals surface area contributed by atoms with Crippen LogP contribution >= 0.6 is 24.0 Å². The minimum Gasteiger partial charge on any atom is -0.481 e. The number of aliphatic carboxylic acids is 1. The molecule has 0 aliphatic rings. The van der Waals surface area contributed by atoms with E-state index < -0.39 is 11.9 Å². The van der Waals surface area contributed by atoms with E-state index in [9.17, 15) is 9.90 Å². The molecule has 0 aliphatic heterocycles. The van der Waals surface area contributed by atoms with Gasteiger partial charge in [-0.25, -0.2) is 4.98 Å². The number of aromatic nitrogens is 1. The Morgan fingerprint density at radius 3 is 2.67 bits per heavy atom. The lowest BCUT2D eigenvalue weighted by molar-refractivity contribution is -0.141. The molecule has 0 aliphatic carbocycles. The zero-order chi connectivity index (χ0) is 15.2. The van der Waals surface area contributed by atoms with Crippen LogP contribution in [0.5, 0.6) is 0 Å². The highest BCUT2D eigenvalue weighted by atomic mass is 32.1. The normalized spacial score (nSPS) is 13.8. The lowest BCUT2D eigenvalue weighted by Crippen LogP contribution is -2.26. The molecule has 0 bridgehead atoms. The summed E-state index contributed by atoms with van der Waals surface area (Å²) in [5.74, 6) is -1.35. The molecule has 2 atom stereocenters. The number of nitrogen functional groups attached to an aromatic ring is 1. The van der Waals surface area contributed by atoms with Crippen LogP contribution in [-0.2, 0) is 17.6 Å². The first-order valence-electron chi connectivity index (χ1n) is 6.71. The van der Waals surface area contributed by atoms with E-state index in [2.05, 4.69) is 17.6 Å². The monoisotopic (exact) mass is 322 g/mol. The predicted octanol–water partition coefficient (Wildman–Crippen LogP) is 2.90. The van der Waals surface area contributed by atoms with E-state index in [1.807, 2.05) is 30.3 Å². The van der Waals surface area contributed by atoms with E-state index in [1.165, 1.54) is 16.9 Å². The lowest BCUT2D eigenvalue weighted by Gasteiger charge is -2.18. The number of carbonyl (C=O) groups is 1. The Bertz CT molecular complexity index is 586. The van der Waals surface area contributed by atoms with Gasteiger partial charge >= 0.3 is 5.97 Å². The smallest absolute Gasteiger partial charge is 0.307 e. The van der Waals surface area contributed by atoms with Crippen molar-refractivity contribution in [3.63, 3.8) is 0 Å². The van der Waals surface area contributed by atoms with Crippen molar-refractivity contribution in [3.8, 4) is 0 Å². The molecule has 1 aromatic heterocycles. The van der Waals surface area contributed by atoms with Gasteiger partial charge in [0.2, 0.25) is 0 Å². The van der Waals surface area contributed by atoms with Gasteiger partial charge in [-0.15, -0.1) is 11.3 Å². The van der Waals surface area contributed by atoms with Crippen LogP contribution in [0.15, 0.2) is 36.5 Å². The van der Waals surface area contributed by atoms with Gasteiger partial charge in [-0.2, -0.15) is 12.6 Å². The Balaban J connectivity index is 1.95. The fourth-order valence-corrected chi connectivity index (χ4v) is 3.29. The van der Waals surface area contributed by atoms with Crippen LogP contribution in [0.3, 0.4) is 0 Å². The van der Waals surface area contributed by atoms with E-state index in [0.717, 1.165) is 17.7 Å². The Labute approximate surface area is 133 Å². The Hall–Kier alpha value is -1.53. The number of hydrogen-bond acceptors (Lipinski definition) is 5. The first-order chi connectivity index (χ1) is 10.1. The van der Waals surface area contributed by atoms with E-state index in [0.29, 0.717) is 11.6 Å². The molecule has 2 unspecified atom stereocenters. The number of anilines is 1. The molecule has 4 nitrogen and oxygen atoms in total. The number of nitrogens with zero attached hydrogens (tertiary/aromatic N) is 1. The van der Waals surface area contributed by atoms with Crippen molar-refractivity contribution in [2.45, 2.75) is 24.5 Å². The molecule has 0 saturated carbocycles. The van der Waals surface area contributed by atoms with Crippen LogP contribution in [-0.4, -0.2) is 21.3 Å². The molecule has 112 valence electrons. The standard InChI is InChI=1S/C15H18N2O2S2/c16-15-17-9-11(21-15)8-12(14(18)19)13(20)7-6-10-4-2-1-3-5-10/h1-5,9,12-13,20H,6-8H2,(H2,16,17)(H,18,19). The van der Waals surface area contributed by atoms with Crippen molar-refractivity contribution < 1.29 is 9.90 Å². The van der Waals surface area contributed by atoms with Gasteiger partial charge in [0.05, 0.1) is 5.92 Å². The predicted molar refractivity (Wildman–Crippen MR) is 88.9 cm³/mol. The number of thiazole rings is 1. The first kappa shape index (κ1) is 15.9. The van der Waals surface area contributed by atoms with Crippen molar-refractivity contribution in [1.82, 2.24) is 4.98 Å². The number of carboxylic acid groups (broad SMARTS) is 1. The molecule has 0 saturated heterocycles. The summed E-state index contributed by atoms with van der Waals surface area (Å²) in [6.07, 6.45) is 3.61. The molecular weight excluding hydrogens is 304 g/mol. The summed E-state index contributed by atoms with van der Waals surface area (Å²) < 4.78 is 0. The van der Waals surface area contributed by atoms with Gasteiger partial charge in [0.1, 0.15) is 0 Å². The van der Waals surface area contributed by atoms with E-state index in [4.69, 9.17) is 5.73 Å². The Morgan fingerprint density at radius 1 is 1.38 bits per heavy atom. The number of aryl methyl sites for hydroxylation is 1. The number of rotatable bonds is 7. The van der Waals surface area contributed by atoms with Gasteiger partial charge in [-0.05, 0) is 24.8 Å². The fourth-order valence-electron chi connectivity index (χ4n) is 2.18. The third-order valence-electron chi connectivity index (χ3n) is 3.35. The van der Waals surface area contributed by atoms with Crippen LogP contribution in [0.1, 0.15) is 16.9 Å². The van der Waals surface area contributed by atoms with Gasteiger partial charge in [-0.3, -0.25) is 4.79 Å². The first-order valence-corrected chi connectivity index (χ1v) is 8.04. The van der Waals surface area contributed by atoms with E-state index in [1.54, 1.807) is 6.20 Å². The maximum Gasteiger partial charge on any atom is 0.307 e. The topological polar surface area (TPSA) is 76.2 Å². The molecule has 1 aromatic carbocycles. The number of thiol groups is 1. The van der Waals surface area contributed by atoms with Gasteiger partial charge in [-0.1, -0.05) is 30.3 Å². The number of benzene rings is 1. The molecule has 3 N–H and O–H groups in total. The van der Waals surface area contributed by atoms with Crippen LogP contribution < -0.4 is 5.73 Å². The maximum absolute atomic E-state index is 11.5. The maximum atomic E-state index is 11.5. The summed E-state index contributed by atoms with van der Waals surface area (Å²) in [5.41, 5.74) is 6.78. The highest BCUT2D eigenvalue weighted by Gasteiger charge is 2.26. The summed E-state index contributed by atoms with van der Waals surface area (Å²) >= 11 is 5.84. The van der Waals surface area contributed by atoms with Crippen molar-refractivity contribution in [3.05, 3.63) is 47.0 Å². The van der Waals surface area contributed by atoms with Crippen molar-refractivity contribution in [1.29, 1.82) is 0 Å². The van der Waals surface area contributed by atoms with Gasteiger partial charge in [0.25, 0.3) is 0 Å². The van der Waals surface area contributed by atoms with Crippen LogP contribution in [0, 0.1) is 5.92 Å². The highest BCUT2D eigenvalue weighted by Crippen LogP contribution is 2.25. The summed E-state index contributed by atoms with van der Waals surface area (Å²) in [6, 6.07) is 10.0. The second-order valence-electron chi connectivity index (χ2n) is 4.91. The molecule has 2 aromatic rings. The summed E-state index contributed by atoms with van der Waals surface area (Å²) in [6.45, 7) is 0. The Morgan fingerprint density at radius 2 is 2.10 bits per heavy atom. The quantitative estimate of drug-likeness (QED) is 0.685. The van der Waals surface area contributed by atoms with E-state index >= 15 is 0 Å². The van der Waals surface area contributed by atoms with Crippen molar-refractivity contribution in [2.24, 2.45) is 5.92 Å². The molecule has 21 heavy (non-hydrogen) atoms. The third-order valence-corrected chi connectivity index (χ3v) is 4.81. The van der Waals surface area contributed by atoms with E-state index in [-0.39, 0.29) is 5.25 Å². The zero-order valence-corrected chi connectivity index (χ0v) is 13.2. The highest BCUT2D eigenvalue weighted by molar-refractivity contribution is 7.81. The largest absolute Gasteiger partial charge is 0.481 e. The minimum absolute atomic E-state index is 0.203. The average molecular weight is 322 g/mol. The summed E-state index contributed by atoms with van der Waals surface area (Å²) in [4.78, 5) is 16.3. The minimum atomic E-state index is -0.824. The zero-order valence-electron chi connectivity index (χ0n) is 11.5. The Kier molecular flexibility index (Phi) is 5.64. The summed E-state index contributed by atoms with van der Waals surface area (Å²) in [7, 11) is 0. The number of carboxylic acids is 1. The molecular formula is C15H18N2O2S2. The van der Waals surface area contributed by atoms with Crippen molar-refractivity contribution >= 4 is 35.1 Å². The van der Waals surface area contributed by atoms with Gasteiger partial charge in [0.15, 0.2) is 5.13 Å². The molecule has 0 radical (unpaired) electrons. The molecule has 2 rings (SSSR count). The number of nitrogens with two attached hydrogens (primary N) is 1. The van der Waals surface area contributed by atoms with Gasteiger partial charge in [0, 0.05) is 16.3 Å². The van der Waals surface area contributed by atoms with Crippen LogP contribution in [0.4, 0.5) is 5.13 Å². The fraction of sp³-hybridized carbons (Fsp3) is 0.333. The SMILES string of the molecule is Nc1ncc(CC(C(=O)O)C(S)CCc2ccccc2)s1. The van der Waals surface area contributed by atoms with Crippen LogP contribution in [0.25, 0.3) is 0 Å². The summed E-state index contributed by atoms with van der Waals surface area (Å²) in [5, 5.41) is 9.68. The lowest BCUT2D eigenvalue weighted by atomic mass is 9.95. The van der Waals surface area contributed by atoms with Crippen LogP contribution in [0.2, 0.25) is 0 Å². The molecule has 6 heteroatoms. The average Bonchev–Trinajstić information content (AvgIpc) is 2.88. The second-order valence-corrected chi connectivity index (χ2v) is 6.72. The van der Waals surface area contributed by atoms with Crippen molar-refractivity contribution in [2.75, 3.05) is 5.73 Å². The van der Waals surface area contributed by atoms with Gasteiger partial charge < -0.3 is 10.8 Å². The molecule has 0 fully saturated rings.